The molecule has 0 saturated carbocycles. The van der Waals surface area contributed by atoms with E-state index in [0.717, 1.165) is 0 Å². The molecule has 0 bridgehead atoms. The van der Waals surface area contributed by atoms with Crippen molar-refractivity contribution in [1.82, 2.24) is 0 Å². The highest BCUT2D eigenvalue weighted by Crippen LogP contribution is 2.25. The average molecular weight is 313 g/mol. The van der Waals surface area contributed by atoms with Crippen molar-refractivity contribution < 1.29 is 9.13 Å². The molecule has 20 heavy (non-hydrogen) atoms. The topological polar surface area (TPSA) is 59.1 Å². The fourth-order valence-electron chi connectivity index (χ4n) is 1.67. The van der Waals surface area contributed by atoms with Gasteiger partial charge in [0.15, 0.2) is 0 Å². The Hall–Kier alpha value is -1.78. The summed E-state index contributed by atoms with van der Waals surface area (Å²) in [7, 11) is 0. The number of nitrogen functional groups attached to an aromatic ring is 1. The van der Waals surface area contributed by atoms with Crippen molar-refractivity contribution >= 4 is 29.0 Å². The van der Waals surface area contributed by atoms with Crippen LogP contribution in [0.4, 0.5) is 4.39 Å². The summed E-state index contributed by atoms with van der Waals surface area (Å²) in [5.41, 5.74) is 5.65. The molecule has 0 unspecified atom stereocenters. The standard InChI is InChI=1S/C14H11Cl2FN2O/c15-9-4-10(16)6-11(5-9)20-7-8-2-1-3-12(13(8)17)14(18)19/h1-6H,7H2,(H3,18,19). The third kappa shape index (κ3) is 3.40. The SMILES string of the molecule is N=C(N)c1cccc(COc2cc(Cl)cc(Cl)c2)c1F. The van der Waals surface area contributed by atoms with Crippen molar-refractivity contribution in [3.63, 3.8) is 0 Å². The lowest BCUT2D eigenvalue weighted by Gasteiger charge is -2.10. The van der Waals surface area contributed by atoms with E-state index in [-0.39, 0.29) is 18.0 Å². The predicted octanol–water partition coefficient (Wildman–Crippen LogP) is 4.00. The number of hydrogen-bond acceptors (Lipinski definition) is 2. The van der Waals surface area contributed by atoms with Crippen LogP contribution in [-0.2, 0) is 6.61 Å². The molecule has 0 fully saturated rings. The lowest BCUT2D eigenvalue weighted by molar-refractivity contribution is 0.300. The second kappa shape index (κ2) is 6.11. The third-order valence-corrected chi connectivity index (χ3v) is 3.04. The normalized spacial score (nSPS) is 10.3. The van der Waals surface area contributed by atoms with E-state index in [2.05, 4.69) is 0 Å². The highest BCUT2D eigenvalue weighted by Gasteiger charge is 2.10. The Bertz CT molecular complexity index is 641. The zero-order valence-electron chi connectivity index (χ0n) is 10.3. The van der Waals surface area contributed by atoms with E-state index in [9.17, 15) is 4.39 Å². The fraction of sp³-hybridized carbons (Fsp3) is 0.0714. The van der Waals surface area contributed by atoms with Crippen molar-refractivity contribution in [2.24, 2.45) is 5.73 Å². The first-order chi connectivity index (χ1) is 9.47. The van der Waals surface area contributed by atoms with Gasteiger partial charge in [-0.15, -0.1) is 0 Å². The molecule has 0 aromatic heterocycles. The number of ether oxygens (including phenoxy) is 1. The van der Waals surface area contributed by atoms with Gasteiger partial charge >= 0.3 is 0 Å². The summed E-state index contributed by atoms with van der Waals surface area (Å²) in [6.45, 7) is -0.0103. The summed E-state index contributed by atoms with van der Waals surface area (Å²) in [5, 5.41) is 8.16. The molecule has 6 heteroatoms. The minimum Gasteiger partial charge on any atom is -0.489 e. The summed E-state index contributed by atoms with van der Waals surface area (Å²) in [5.74, 6) is -0.446. The molecule has 2 aromatic carbocycles. The van der Waals surface area contributed by atoms with Crippen LogP contribution in [0.2, 0.25) is 10.0 Å². The third-order valence-electron chi connectivity index (χ3n) is 2.60. The van der Waals surface area contributed by atoms with E-state index in [0.29, 0.717) is 21.4 Å². The Morgan fingerprint density at radius 3 is 2.45 bits per heavy atom. The molecule has 0 aliphatic heterocycles. The summed E-state index contributed by atoms with van der Waals surface area (Å²) in [6.07, 6.45) is 0. The van der Waals surface area contributed by atoms with Gasteiger partial charge in [-0.3, -0.25) is 5.41 Å². The van der Waals surface area contributed by atoms with Crippen LogP contribution in [-0.4, -0.2) is 5.84 Å². The average Bonchev–Trinajstić information content (AvgIpc) is 2.36. The molecular weight excluding hydrogens is 302 g/mol. The van der Waals surface area contributed by atoms with Crippen molar-refractivity contribution in [1.29, 1.82) is 5.41 Å². The predicted molar refractivity (Wildman–Crippen MR) is 78.2 cm³/mol. The van der Waals surface area contributed by atoms with E-state index in [1.807, 2.05) is 0 Å². The van der Waals surface area contributed by atoms with Gasteiger partial charge < -0.3 is 10.5 Å². The van der Waals surface area contributed by atoms with Crippen LogP contribution in [0.25, 0.3) is 0 Å². The second-order valence-corrected chi connectivity index (χ2v) is 4.96. The van der Waals surface area contributed by atoms with Crippen molar-refractivity contribution in [3.8, 4) is 5.75 Å². The zero-order chi connectivity index (χ0) is 14.7. The molecule has 0 saturated heterocycles. The first kappa shape index (κ1) is 14.6. The molecule has 0 atom stereocenters. The smallest absolute Gasteiger partial charge is 0.140 e. The Morgan fingerprint density at radius 1 is 1.20 bits per heavy atom. The molecule has 3 N–H and O–H groups in total. The summed E-state index contributed by atoms with van der Waals surface area (Å²) in [6, 6.07) is 9.36. The monoisotopic (exact) mass is 312 g/mol. The van der Waals surface area contributed by atoms with E-state index in [4.69, 9.17) is 39.1 Å². The van der Waals surface area contributed by atoms with Crippen molar-refractivity contribution in [2.45, 2.75) is 6.61 Å². The van der Waals surface area contributed by atoms with Crippen LogP contribution in [0.15, 0.2) is 36.4 Å². The molecule has 2 aromatic rings. The van der Waals surface area contributed by atoms with Gasteiger partial charge in [0.05, 0.1) is 5.56 Å². The largest absolute Gasteiger partial charge is 0.489 e. The van der Waals surface area contributed by atoms with Gasteiger partial charge in [0.1, 0.15) is 24.0 Å². The summed E-state index contributed by atoms with van der Waals surface area (Å²) < 4.78 is 19.5. The van der Waals surface area contributed by atoms with E-state index in [1.165, 1.54) is 6.07 Å². The summed E-state index contributed by atoms with van der Waals surface area (Å²) >= 11 is 11.7. The Balaban J connectivity index is 2.19. The van der Waals surface area contributed by atoms with Crippen LogP contribution in [0.5, 0.6) is 5.75 Å². The quantitative estimate of drug-likeness (QED) is 0.662. The van der Waals surface area contributed by atoms with Gasteiger partial charge in [-0.2, -0.15) is 0 Å². The summed E-state index contributed by atoms with van der Waals surface area (Å²) in [4.78, 5) is 0. The molecule has 0 amide bonds. The van der Waals surface area contributed by atoms with Gasteiger partial charge in [-0.25, -0.2) is 4.39 Å². The molecule has 0 aliphatic carbocycles. The molecule has 104 valence electrons. The number of hydrogen-bond donors (Lipinski definition) is 2. The van der Waals surface area contributed by atoms with E-state index < -0.39 is 5.82 Å². The Kier molecular flexibility index (Phi) is 4.47. The number of benzene rings is 2. The van der Waals surface area contributed by atoms with Gasteiger partial charge in [0.25, 0.3) is 0 Å². The van der Waals surface area contributed by atoms with Crippen LogP contribution in [0, 0.1) is 11.2 Å². The fourth-order valence-corrected chi connectivity index (χ4v) is 2.18. The van der Waals surface area contributed by atoms with Gasteiger partial charge in [0, 0.05) is 15.6 Å². The molecule has 0 aliphatic rings. The number of amidine groups is 1. The highest BCUT2D eigenvalue weighted by atomic mass is 35.5. The first-order valence-corrected chi connectivity index (χ1v) is 6.43. The first-order valence-electron chi connectivity index (χ1n) is 5.68. The lowest BCUT2D eigenvalue weighted by Crippen LogP contribution is -2.14. The number of nitrogens with one attached hydrogen (secondary N) is 1. The van der Waals surface area contributed by atoms with Gasteiger partial charge in [-0.05, 0) is 24.3 Å². The molecule has 0 radical (unpaired) electrons. The zero-order valence-corrected chi connectivity index (χ0v) is 11.8. The minimum atomic E-state index is -0.562. The molecule has 3 nitrogen and oxygen atoms in total. The van der Waals surface area contributed by atoms with E-state index in [1.54, 1.807) is 30.3 Å². The maximum atomic E-state index is 14.0. The second-order valence-electron chi connectivity index (χ2n) is 4.09. The maximum absolute atomic E-state index is 14.0. The number of rotatable bonds is 4. The maximum Gasteiger partial charge on any atom is 0.140 e. The van der Waals surface area contributed by atoms with E-state index >= 15 is 0 Å². The van der Waals surface area contributed by atoms with Crippen molar-refractivity contribution in [2.75, 3.05) is 0 Å². The number of halogens is 3. The van der Waals surface area contributed by atoms with Gasteiger partial charge in [0.2, 0.25) is 0 Å². The van der Waals surface area contributed by atoms with Crippen LogP contribution in [0.1, 0.15) is 11.1 Å². The number of nitrogens with two attached hydrogens (primary N) is 1. The minimum absolute atomic E-state index is 0.0103. The van der Waals surface area contributed by atoms with Gasteiger partial charge in [-0.1, -0.05) is 35.3 Å². The van der Waals surface area contributed by atoms with Crippen LogP contribution in [0.3, 0.4) is 0 Å². The highest BCUT2D eigenvalue weighted by molar-refractivity contribution is 6.34. The van der Waals surface area contributed by atoms with Crippen LogP contribution >= 0.6 is 23.2 Å². The van der Waals surface area contributed by atoms with Crippen molar-refractivity contribution in [3.05, 3.63) is 63.4 Å². The lowest BCUT2D eigenvalue weighted by atomic mass is 10.1. The van der Waals surface area contributed by atoms with Crippen LogP contribution < -0.4 is 10.5 Å². The molecule has 0 spiro atoms. The molecule has 2 rings (SSSR count). The molecule has 0 heterocycles. The molecular formula is C14H11Cl2FN2O. The Morgan fingerprint density at radius 2 is 1.85 bits per heavy atom. The Labute approximate surface area is 125 Å².